The van der Waals surface area contributed by atoms with Crippen molar-refractivity contribution in [2.75, 3.05) is 25.9 Å². The summed E-state index contributed by atoms with van der Waals surface area (Å²) in [5, 5.41) is 3.63. The molecule has 3 unspecified atom stereocenters. The normalized spacial score (nSPS) is 34.9. The first-order valence-electron chi connectivity index (χ1n) is 7.13. The maximum absolute atomic E-state index is 11.5. The van der Waals surface area contributed by atoms with Gasteiger partial charge in [0.15, 0.2) is 0 Å². The second-order valence-corrected chi connectivity index (χ2v) is 8.14. The monoisotopic (exact) mass is 274 g/mol. The largest absolute Gasteiger partial charge is 0.314 e. The fourth-order valence-electron chi connectivity index (χ4n) is 3.22. The van der Waals surface area contributed by atoms with Crippen molar-refractivity contribution in [3.05, 3.63) is 0 Å². The molecule has 0 bridgehead atoms. The molecule has 1 aliphatic carbocycles. The quantitative estimate of drug-likeness (QED) is 0.844. The summed E-state index contributed by atoms with van der Waals surface area (Å²) < 4.78 is 24.7. The fourth-order valence-corrected chi connectivity index (χ4v) is 4.16. The molecule has 0 aromatic carbocycles. The van der Waals surface area contributed by atoms with Gasteiger partial charge in [0.05, 0.1) is 6.26 Å². The Kier molecular flexibility index (Phi) is 4.67. The summed E-state index contributed by atoms with van der Waals surface area (Å²) in [7, 11) is -3.00. The lowest BCUT2D eigenvalue weighted by atomic mass is 9.99. The van der Waals surface area contributed by atoms with E-state index in [0.29, 0.717) is 25.0 Å². The molecule has 0 spiro atoms. The van der Waals surface area contributed by atoms with Crippen molar-refractivity contribution in [2.45, 2.75) is 45.1 Å². The van der Waals surface area contributed by atoms with E-state index in [1.807, 2.05) is 0 Å². The summed E-state index contributed by atoms with van der Waals surface area (Å²) in [5.41, 5.74) is 0. The van der Waals surface area contributed by atoms with E-state index in [4.69, 9.17) is 0 Å². The molecule has 2 fully saturated rings. The zero-order valence-corrected chi connectivity index (χ0v) is 12.4. The van der Waals surface area contributed by atoms with Crippen molar-refractivity contribution in [2.24, 2.45) is 11.8 Å². The average Bonchev–Trinajstić information content (AvgIpc) is 2.72. The predicted octanol–water partition coefficient (Wildman–Crippen LogP) is 1.44. The van der Waals surface area contributed by atoms with Gasteiger partial charge in [0.2, 0.25) is 10.0 Å². The van der Waals surface area contributed by atoms with Crippen LogP contribution in [0.3, 0.4) is 0 Å². The molecule has 1 aliphatic heterocycles. The number of rotatable bonds is 4. The molecule has 3 atom stereocenters. The third-order valence-electron chi connectivity index (χ3n) is 4.34. The minimum absolute atomic E-state index is 0.490. The van der Waals surface area contributed by atoms with Gasteiger partial charge in [-0.25, -0.2) is 12.7 Å². The number of hydrogen-bond acceptors (Lipinski definition) is 3. The molecule has 0 aromatic heterocycles. The third-order valence-corrected chi connectivity index (χ3v) is 5.61. The molecule has 0 aromatic rings. The lowest BCUT2D eigenvalue weighted by molar-refractivity contribution is 0.255. The Labute approximate surface area is 111 Å². The molecule has 4 nitrogen and oxygen atoms in total. The number of nitrogens with zero attached hydrogens (tertiary/aromatic N) is 1. The van der Waals surface area contributed by atoms with Gasteiger partial charge in [-0.15, -0.1) is 0 Å². The van der Waals surface area contributed by atoms with Crippen molar-refractivity contribution in [1.29, 1.82) is 0 Å². The maximum Gasteiger partial charge on any atom is 0.211 e. The zero-order chi connectivity index (χ0) is 13.2. The van der Waals surface area contributed by atoms with E-state index in [0.717, 1.165) is 25.3 Å². The Morgan fingerprint density at radius 2 is 2.06 bits per heavy atom. The topological polar surface area (TPSA) is 49.4 Å². The SMILES string of the molecule is CC1CCC(NCC2CCCN(S(C)(=O)=O)C2)C1. The fraction of sp³-hybridized carbons (Fsp3) is 1.00. The standard InChI is InChI=1S/C13H26N2O2S/c1-11-5-6-13(8-11)14-9-12-4-3-7-15(10-12)18(2,16)17/h11-14H,3-10H2,1-2H3. The highest BCUT2D eigenvalue weighted by molar-refractivity contribution is 7.88. The Hall–Kier alpha value is -0.130. The molecule has 1 heterocycles. The van der Waals surface area contributed by atoms with Crippen molar-refractivity contribution in [1.82, 2.24) is 9.62 Å². The van der Waals surface area contributed by atoms with Crippen LogP contribution < -0.4 is 5.32 Å². The van der Waals surface area contributed by atoms with Gasteiger partial charge in [-0.3, -0.25) is 0 Å². The summed E-state index contributed by atoms with van der Waals surface area (Å²) in [6, 6.07) is 0.661. The molecule has 2 rings (SSSR count). The lowest BCUT2D eigenvalue weighted by Crippen LogP contribution is -2.43. The van der Waals surface area contributed by atoms with Crippen molar-refractivity contribution < 1.29 is 8.42 Å². The number of sulfonamides is 1. The van der Waals surface area contributed by atoms with Gasteiger partial charge in [0.25, 0.3) is 0 Å². The second kappa shape index (κ2) is 5.88. The van der Waals surface area contributed by atoms with Gasteiger partial charge in [-0.05, 0) is 50.5 Å². The maximum atomic E-state index is 11.5. The number of nitrogens with one attached hydrogen (secondary N) is 1. The van der Waals surface area contributed by atoms with Crippen LogP contribution in [0.1, 0.15) is 39.0 Å². The van der Waals surface area contributed by atoms with Gasteiger partial charge < -0.3 is 5.32 Å². The van der Waals surface area contributed by atoms with Crippen LogP contribution in [0.4, 0.5) is 0 Å². The Morgan fingerprint density at radius 3 is 2.67 bits per heavy atom. The van der Waals surface area contributed by atoms with E-state index in [1.165, 1.54) is 25.5 Å². The van der Waals surface area contributed by atoms with E-state index >= 15 is 0 Å². The molecule has 1 saturated heterocycles. The summed E-state index contributed by atoms with van der Waals surface area (Å²) in [6.07, 6.45) is 7.37. The van der Waals surface area contributed by atoms with Crippen LogP contribution in [0.15, 0.2) is 0 Å². The molecule has 1 N–H and O–H groups in total. The summed E-state index contributed by atoms with van der Waals surface area (Å²) in [5.74, 6) is 1.34. The summed E-state index contributed by atoms with van der Waals surface area (Å²) >= 11 is 0. The van der Waals surface area contributed by atoms with Gasteiger partial charge in [0, 0.05) is 19.1 Å². The molecular formula is C13H26N2O2S. The minimum atomic E-state index is -3.00. The van der Waals surface area contributed by atoms with Crippen LogP contribution in [0.2, 0.25) is 0 Å². The first kappa shape index (κ1) is 14.3. The van der Waals surface area contributed by atoms with Gasteiger partial charge in [-0.1, -0.05) is 6.92 Å². The van der Waals surface area contributed by atoms with Crippen LogP contribution in [0.25, 0.3) is 0 Å². The molecule has 0 radical (unpaired) electrons. The van der Waals surface area contributed by atoms with E-state index in [1.54, 1.807) is 4.31 Å². The first-order valence-corrected chi connectivity index (χ1v) is 8.98. The van der Waals surface area contributed by atoms with E-state index < -0.39 is 10.0 Å². The van der Waals surface area contributed by atoms with Crippen LogP contribution in [0, 0.1) is 11.8 Å². The van der Waals surface area contributed by atoms with Crippen molar-refractivity contribution in [3.8, 4) is 0 Å². The van der Waals surface area contributed by atoms with Crippen molar-refractivity contribution in [3.63, 3.8) is 0 Å². The Bertz CT molecular complexity index is 369. The highest BCUT2D eigenvalue weighted by atomic mass is 32.2. The lowest BCUT2D eigenvalue weighted by Gasteiger charge is -2.31. The highest BCUT2D eigenvalue weighted by Gasteiger charge is 2.27. The molecule has 2 aliphatic rings. The van der Waals surface area contributed by atoms with Crippen molar-refractivity contribution >= 4 is 10.0 Å². The zero-order valence-electron chi connectivity index (χ0n) is 11.6. The van der Waals surface area contributed by atoms with E-state index in [9.17, 15) is 8.42 Å². The highest BCUT2D eigenvalue weighted by Crippen LogP contribution is 2.25. The number of piperidine rings is 1. The Balaban J connectivity index is 1.76. The summed E-state index contributed by atoms with van der Waals surface area (Å²) in [6.45, 7) is 4.70. The van der Waals surface area contributed by atoms with Crippen LogP contribution >= 0.6 is 0 Å². The van der Waals surface area contributed by atoms with E-state index in [-0.39, 0.29) is 0 Å². The van der Waals surface area contributed by atoms with Crippen LogP contribution in [0.5, 0.6) is 0 Å². The van der Waals surface area contributed by atoms with Gasteiger partial charge in [-0.2, -0.15) is 0 Å². The molecule has 5 heteroatoms. The molecule has 0 amide bonds. The van der Waals surface area contributed by atoms with Gasteiger partial charge in [0.1, 0.15) is 0 Å². The molecule has 18 heavy (non-hydrogen) atoms. The second-order valence-electron chi connectivity index (χ2n) is 6.15. The predicted molar refractivity (Wildman–Crippen MR) is 73.9 cm³/mol. The van der Waals surface area contributed by atoms with Crippen LogP contribution in [-0.2, 0) is 10.0 Å². The summed E-state index contributed by atoms with van der Waals surface area (Å²) in [4.78, 5) is 0. The first-order chi connectivity index (χ1) is 8.45. The Morgan fingerprint density at radius 1 is 1.28 bits per heavy atom. The average molecular weight is 274 g/mol. The molecule has 106 valence electrons. The van der Waals surface area contributed by atoms with E-state index in [2.05, 4.69) is 12.2 Å². The molecule has 1 saturated carbocycles. The van der Waals surface area contributed by atoms with Crippen LogP contribution in [-0.4, -0.2) is 44.7 Å². The third kappa shape index (κ3) is 3.93. The van der Waals surface area contributed by atoms with Gasteiger partial charge >= 0.3 is 0 Å². The molecular weight excluding hydrogens is 248 g/mol. The smallest absolute Gasteiger partial charge is 0.211 e. The number of hydrogen-bond donors (Lipinski definition) is 1. The minimum Gasteiger partial charge on any atom is -0.314 e.